The monoisotopic (exact) mass is 212 g/mol. The molecule has 2 heterocycles. The first-order chi connectivity index (χ1) is 7.24. The van der Waals surface area contributed by atoms with Gasteiger partial charge in [-0.1, -0.05) is 0 Å². The number of carbonyl (C=O) groups is 1. The SMILES string of the molecule is O=C(N1CCC2(CC2)C1)N1CC[C@H]1CF. The highest BCUT2D eigenvalue weighted by molar-refractivity contribution is 5.76. The van der Waals surface area contributed by atoms with Crippen molar-refractivity contribution >= 4 is 6.03 Å². The Bertz CT molecular complexity index is 288. The number of likely N-dealkylation sites (tertiary alicyclic amines) is 2. The lowest BCUT2D eigenvalue weighted by Crippen LogP contribution is -2.56. The maximum Gasteiger partial charge on any atom is 0.320 e. The maximum absolute atomic E-state index is 12.5. The summed E-state index contributed by atoms with van der Waals surface area (Å²) in [5, 5.41) is 0. The van der Waals surface area contributed by atoms with Crippen LogP contribution in [-0.2, 0) is 0 Å². The molecule has 1 atom stereocenters. The first-order valence-electron chi connectivity index (χ1n) is 5.86. The molecule has 3 fully saturated rings. The average Bonchev–Trinajstić information content (AvgIpc) is 2.75. The fourth-order valence-corrected chi connectivity index (χ4v) is 2.72. The van der Waals surface area contributed by atoms with E-state index in [0.29, 0.717) is 5.41 Å². The minimum atomic E-state index is -0.384. The number of rotatable bonds is 1. The zero-order valence-electron chi connectivity index (χ0n) is 8.91. The zero-order chi connectivity index (χ0) is 10.5. The highest BCUT2D eigenvalue weighted by Crippen LogP contribution is 2.52. The van der Waals surface area contributed by atoms with Crippen LogP contribution in [0.5, 0.6) is 0 Å². The summed E-state index contributed by atoms with van der Waals surface area (Å²) < 4.78 is 12.5. The van der Waals surface area contributed by atoms with Crippen molar-refractivity contribution in [3.05, 3.63) is 0 Å². The lowest BCUT2D eigenvalue weighted by molar-refractivity contribution is 0.0749. The molecule has 0 aromatic rings. The second kappa shape index (κ2) is 3.09. The Labute approximate surface area is 89.2 Å². The third-order valence-electron chi connectivity index (χ3n) is 4.23. The highest BCUT2D eigenvalue weighted by atomic mass is 19.1. The normalized spacial score (nSPS) is 31.9. The lowest BCUT2D eigenvalue weighted by atomic mass is 10.1. The van der Waals surface area contributed by atoms with Crippen molar-refractivity contribution in [2.75, 3.05) is 26.3 Å². The van der Waals surface area contributed by atoms with Gasteiger partial charge in [-0.05, 0) is 31.1 Å². The molecule has 3 rings (SSSR count). The fourth-order valence-electron chi connectivity index (χ4n) is 2.72. The number of amides is 2. The van der Waals surface area contributed by atoms with E-state index < -0.39 is 0 Å². The third kappa shape index (κ3) is 1.42. The first kappa shape index (κ1) is 9.43. The van der Waals surface area contributed by atoms with Crippen molar-refractivity contribution in [3.63, 3.8) is 0 Å². The highest BCUT2D eigenvalue weighted by Gasteiger charge is 2.50. The van der Waals surface area contributed by atoms with Crippen molar-refractivity contribution in [2.24, 2.45) is 5.41 Å². The standard InChI is InChI=1S/C11H17FN2O/c12-7-9-1-5-14(9)10(15)13-6-4-11(8-13)2-3-11/h9H,1-8H2/t9-/m0/s1. The number of halogens is 1. The van der Waals surface area contributed by atoms with Crippen LogP contribution in [0.3, 0.4) is 0 Å². The van der Waals surface area contributed by atoms with Crippen LogP contribution in [0, 0.1) is 5.41 Å². The summed E-state index contributed by atoms with van der Waals surface area (Å²) in [6, 6.07) is -0.0547. The van der Waals surface area contributed by atoms with Crippen LogP contribution < -0.4 is 0 Å². The summed E-state index contributed by atoms with van der Waals surface area (Å²) in [6.07, 6.45) is 4.56. The molecule has 0 radical (unpaired) electrons. The minimum Gasteiger partial charge on any atom is -0.324 e. The Hall–Kier alpha value is -0.800. The molecular formula is C11H17FN2O. The Balaban J connectivity index is 1.60. The van der Waals surface area contributed by atoms with E-state index >= 15 is 0 Å². The van der Waals surface area contributed by atoms with Crippen LogP contribution in [0.15, 0.2) is 0 Å². The number of carbonyl (C=O) groups excluding carboxylic acids is 1. The molecule has 0 aromatic heterocycles. The Kier molecular flexibility index (Phi) is 1.94. The van der Waals surface area contributed by atoms with Crippen molar-refractivity contribution in [2.45, 2.75) is 31.7 Å². The Morgan fingerprint density at radius 2 is 2.13 bits per heavy atom. The molecular weight excluding hydrogens is 195 g/mol. The summed E-state index contributed by atoms with van der Waals surface area (Å²) in [4.78, 5) is 15.6. The molecule has 4 heteroatoms. The van der Waals surface area contributed by atoms with E-state index in [1.807, 2.05) is 4.90 Å². The molecule has 3 aliphatic rings. The van der Waals surface area contributed by atoms with Crippen LogP contribution >= 0.6 is 0 Å². The van der Waals surface area contributed by atoms with Crippen LogP contribution in [0.25, 0.3) is 0 Å². The van der Waals surface area contributed by atoms with Crippen molar-refractivity contribution in [1.82, 2.24) is 9.80 Å². The molecule has 2 aliphatic heterocycles. The summed E-state index contributed by atoms with van der Waals surface area (Å²) in [5.41, 5.74) is 0.478. The molecule has 0 unspecified atom stereocenters. The van der Waals surface area contributed by atoms with Gasteiger partial charge in [0.1, 0.15) is 6.67 Å². The maximum atomic E-state index is 12.5. The van der Waals surface area contributed by atoms with Gasteiger partial charge in [-0.2, -0.15) is 0 Å². The molecule has 0 N–H and O–H groups in total. The average molecular weight is 212 g/mol. The predicted molar refractivity (Wildman–Crippen MR) is 54.3 cm³/mol. The van der Waals surface area contributed by atoms with E-state index in [2.05, 4.69) is 0 Å². The zero-order valence-corrected chi connectivity index (χ0v) is 8.91. The fraction of sp³-hybridized carbons (Fsp3) is 0.909. The van der Waals surface area contributed by atoms with Gasteiger partial charge in [-0.3, -0.25) is 0 Å². The second-order valence-electron chi connectivity index (χ2n) is 5.24. The molecule has 15 heavy (non-hydrogen) atoms. The van der Waals surface area contributed by atoms with Crippen LogP contribution in [0.1, 0.15) is 25.7 Å². The quantitative estimate of drug-likeness (QED) is 0.648. The molecule has 84 valence electrons. The Morgan fingerprint density at radius 3 is 2.60 bits per heavy atom. The number of urea groups is 1. The van der Waals surface area contributed by atoms with Gasteiger partial charge in [-0.15, -0.1) is 0 Å². The topological polar surface area (TPSA) is 23.6 Å². The largest absolute Gasteiger partial charge is 0.324 e. The van der Waals surface area contributed by atoms with Gasteiger partial charge in [0.05, 0.1) is 6.04 Å². The predicted octanol–water partition coefficient (Wildman–Crippen LogP) is 1.64. The number of hydrogen-bond donors (Lipinski definition) is 0. The van der Waals surface area contributed by atoms with Gasteiger partial charge in [0, 0.05) is 19.6 Å². The minimum absolute atomic E-state index is 0.0766. The Morgan fingerprint density at radius 1 is 1.33 bits per heavy atom. The molecule has 2 saturated heterocycles. The van der Waals surface area contributed by atoms with E-state index in [9.17, 15) is 9.18 Å². The summed E-state index contributed by atoms with van der Waals surface area (Å²) in [7, 11) is 0. The number of alkyl halides is 1. The van der Waals surface area contributed by atoms with E-state index in [1.54, 1.807) is 4.90 Å². The van der Waals surface area contributed by atoms with Gasteiger partial charge in [-0.25, -0.2) is 9.18 Å². The molecule has 1 spiro atoms. The van der Waals surface area contributed by atoms with Gasteiger partial charge in [0.15, 0.2) is 0 Å². The lowest BCUT2D eigenvalue weighted by Gasteiger charge is -2.41. The summed E-state index contributed by atoms with van der Waals surface area (Å²) >= 11 is 0. The van der Waals surface area contributed by atoms with Crippen molar-refractivity contribution < 1.29 is 9.18 Å². The molecule has 3 nitrogen and oxygen atoms in total. The van der Waals surface area contributed by atoms with Crippen molar-refractivity contribution in [3.8, 4) is 0 Å². The van der Waals surface area contributed by atoms with Crippen molar-refractivity contribution in [1.29, 1.82) is 0 Å². The summed E-state index contributed by atoms with van der Waals surface area (Å²) in [5.74, 6) is 0. The summed E-state index contributed by atoms with van der Waals surface area (Å²) in [6.45, 7) is 2.16. The van der Waals surface area contributed by atoms with E-state index in [1.165, 1.54) is 12.8 Å². The molecule has 0 bridgehead atoms. The van der Waals surface area contributed by atoms with Gasteiger partial charge in [0.2, 0.25) is 0 Å². The van der Waals surface area contributed by atoms with Gasteiger partial charge >= 0.3 is 6.03 Å². The van der Waals surface area contributed by atoms with Crippen LogP contribution in [0.2, 0.25) is 0 Å². The van der Waals surface area contributed by atoms with Gasteiger partial charge < -0.3 is 9.80 Å². The second-order valence-corrected chi connectivity index (χ2v) is 5.24. The van der Waals surface area contributed by atoms with Gasteiger partial charge in [0.25, 0.3) is 0 Å². The van der Waals surface area contributed by atoms with E-state index in [-0.39, 0.29) is 18.7 Å². The first-order valence-corrected chi connectivity index (χ1v) is 5.86. The van der Waals surface area contributed by atoms with E-state index in [0.717, 1.165) is 32.5 Å². The molecule has 0 aromatic carbocycles. The molecule has 2 amide bonds. The van der Waals surface area contributed by atoms with E-state index in [4.69, 9.17) is 0 Å². The molecule has 1 aliphatic carbocycles. The number of nitrogens with zero attached hydrogens (tertiary/aromatic N) is 2. The van der Waals surface area contributed by atoms with Crippen LogP contribution in [0.4, 0.5) is 9.18 Å². The smallest absolute Gasteiger partial charge is 0.320 e. The third-order valence-corrected chi connectivity index (χ3v) is 4.23. The number of hydrogen-bond acceptors (Lipinski definition) is 1. The van der Waals surface area contributed by atoms with Crippen LogP contribution in [-0.4, -0.2) is 48.2 Å². The molecule has 1 saturated carbocycles.